The molecule has 0 aromatic heterocycles. The van der Waals surface area contributed by atoms with Gasteiger partial charge >= 0.3 is 17.9 Å². The summed E-state index contributed by atoms with van der Waals surface area (Å²) in [5, 5.41) is 0. The van der Waals surface area contributed by atoms with Gasteiger partial charge in [-0.05, 0) is 20.8 Å². The molecule has 146 valence electrons. The summed E-state index contributed by atoms with van der Waals surface area (Å²) in [6, 6.07) is 0. The molecule has 0 heterocycles. The highest BCUT2D eigenvalue weighted by Crippen LogP contribution is 2.01. The van der Waals surface area contributed by atoms with Gasteiger partial charge in [0.15, 0.2) is 0 Å². The Kier molecular flexibility index (Phi) is 14.9. The molecule has 3 atom stereocenters. The van der Waals surface area contributed by atoms with Crippen molar-refractivity contribution in [1.29, 1.82) is 0 Å². The molecule has 0 bridgehead atoms. The maximum absolute atomic E-state index is 11.5. The van der Waals surface area contributed by atoms with Crippen molar-refractivity contribution in [2.24, 2.45) is 0 Å². The minimum Gasteiger partial charge on any atom is -0.459 e. The molecule has 0 aliphatic heterocycles. The minimum atomic E-state index is -0.254. The molecule has 0 aliphatic carbocycles. The van der Waals surface area contributed by atoms with Crippen molar-refractivity contribution >= 4 is 85.7 Å². The fourth-order valence-corrected chi connectivity index (χ4v) is 2.15. The highest BCUT2D eigenvalue weighted by atomic mass is 127. The predicted octanol–water partition coefficient (Wildman–Crippen LogP) is 0.971. The van der Waals surface area contributed by atoms with Crippen LogP contribution in [0.25, 0.3) is 0 Å². The molecule has 3 unspecified atom stereocenters. The van der Waals surface area contributed by atoms with Gasteiger partial charge in [0.2, 0.25) is 0 Å². The lowest BCUT2D eigenvalue weighted by Gasteiger charge is -2.20. The van der Waals surface area contributed by atoms with E-state index in [1.807, 2.05) is 67.8 Å². The van der Waals surface area contributed by atoms with Crippen molar-refractivity contribution in [3.05, 3.63) is 0 Å². The number of halogens is 3. The van der Waals surface area contributed by atoms with E-state index in [0.29, 0.717) is 19.6 Å². The first-order chi connectivity index (χ1) is 11.6. The van der Waals surface area contributed by atoms with Crippen molar-refractivity contribution in [2.45, 2.75) is 32.5 Å². The first-order valence-electron chi connectivity index (χ1n) is 7.90. The molecule has 0 rings (SSSR count). The molecule has 0 spiro atoms. The third-order valence-corrected chi connectivity index (χ3v) is 4.60. The molecule has 0 saturated carbocycles. The summed E-state index contributed by atoms with van der Waals surface area (Å²) >= 11 is 6.00. The third kappa shape index (κ3) is 13.4. The summed E-state index contributed by atoms with van der Waals surface area (Å²) < 4.78 is 15.0. The number of nitrogens with one attached hydrogen (secondary N) is 1. The SMILES string of the molecule is CC(I)C(=O)OCC[NH+](CCOC(=O)C(C)I)CCOC(=O)C(C)I. The Morgan fingerprint density at radius 1 is 0.680 bits per heavy atom. The van der Waals surface area contributed by atoms with Crippen LogP contribution < -0.4 is 4.90 Å². The fourth-order valence-electron chi connectivity index (χ4n) is 1.61. The molecule has 1 N–H and O–H groups in total. The summed E-state index contributed by atoms with van der Waals surface area (Å²) in [7, 11) is 0. The van der Waals surface area contributed by atoms with Crippen LogP contribution in [0.15, 0.2) is 0 Å². The van der Waals surface area contributed by atoms with Crippen molar-refractivity contribution in [3.63, 3.8) is 0 Å². The number of carbonyl (C=O) groups is 3. The van der Waals surface area contributed by atoms with E-state index in [9.17, 15) is 14.4 Å². The fraction of sp³-hybridized carbons (Fsp3) is 0.800. The van der Waals surface area contributed by atoms with E-state index >= 15 is 0 Å². The first-order valence-corrected chi connectivity index (χ1v) is 11.6. The smallest absolute Gasteiger partial charge is 0.318 e. The molecule has 0 saturated heterocycles. The van der Waals surface area contributed by atoms with E-state index in [-0.39, 0.29) is 49.5 Å². The van der Waals surface area contributed by atoms with E-state index in [0.717, 1.165) is 4.90 Å². The van der Waals surface area contributed by atoms with E-state index < -0.39 is 0 Å². The Morgan fingerprint density at radius 2 is 0.920 bits per heavy atom. The summed E-state index contributed by atoms with van der Waals surface area (Å²) in [6.07, 6.45) is 0. The van der Waals surface area contributed by atoms with Crippen LogP contribution in [0.2, 0.25) is 0 Å². The quantitative estimate of drug-likeness (QED) is 0.142. The number of ether oxygens (including phenoxy) is 3. The van der Waals surface area contributed by atoms with Crippen molar-refractivity contribution in [2.75, 3.05) is 39.5 Å². The summed E-state index contributed by atoms with van der Waals surface area (Å²) in [4.78, 5) is 35.5. The van der Waals surface area contributed by atoms with E-state index in [1.165, 1.54) is 0 Å². The van der Waals surface area contributed by atoms with Crippen LogP contribution in [-0.2, 0) is 28.6 Å². The maximum Gasteiger partial charge on any atom is 0.318 e. The molecule has 0 radical (unpaired) electrons. The van der Waals surface area contributed by atoms with Crippen molar-refractivity contribution < 1.29 is 33.5 Å². The number of rotatable bonds is 12. The van der Waals surface area contributed by atoms with Crippen LogP contribution in [0, 0.1) is 0 Å². The molecule has 0 fully saturated rings. The Bertz CT molecular complexity index is 370. The lowest BCUT2D eigenvalue weighted by atomic mass is 10.4. The molecular weight excluding hydrogens is 671 g/mol. The van der Waals surface area contributed by atoms with Gasteiger partial charge < -0.3 is 19.1 Å². The van der Waals surface area contributed by atoms with Crippen molar-refractivity contribution in [1.82, 2.24) is 0 Å². The summed E-state index contributed by atoms with van der Waals surface area (Å²) in [5.74, 6) is -0.763. The van der Waals surface area contributed by atoms with Crippen LogP contribution in [-0.4, -0.2) is 69.1 Å². The molecule has 7 nitrogen and oxygen atoms in total. The van der Waals surface area contributed by atoms with Gasteiger partial charge in [-0.15, -0.1) is 0 Å². The van der Waals surface area contributed by atoms with E-state index in [1.54, 1.807) is 20.8 Å². The monoisotopic (exact) mass is 696 g/mol. The zero-order valence-corrected chi connectivity index (χ0v) is 21.0. The van der Waals surface area contributed by atoms with Gasteiger partial charge in [-0.1, -0.05) is 67.8 Å². The minimum absolute atomic E-state index is 0.196. The summed E-state index contributed by atoms with van der Waals surface area (Å²) in [5.41, 5.74) is 0. The molecule has 25 heavy (non-hydrogen) atoms. The van der Waals surface area contributed by atoms with E-state index in [4.69, 9.17) is 14.2 Å². The third-order valence-electron chi connectivity index (χ3n) is 3.07. The second-order valence-corrected chi connectivity index (χ2v) is 11.0. The number of hydrogen-bond acceptors (Lipinski definition) is 6. The van der Waals surface area contributed by atoms with Crippen LogP contribution in [0.5, 0.6) is 0 Å². The topological polar surface area (TPSA) is 83.3 Å². The van der Waals surface area contributed by atoms with Crippen LogP contribution >= 0.6 is 67.8 Å². The highest BCUT2D eigenvalue weighted by Gasteiger charge is 2.17. The van der Waals surface area contributed by atoms with Crippen LogP contribution in [0.1, 0.15) is 20.8 Å². The number of carbonyl (C=O) groups excluding carboxylic acids is 3. The second kappa shape index (κ2) is 14.6. The van der Waals surface area contributed by atoms with Crippen LogP contribution in [0.3, 0.4) is 0 Å². The molecule has 0 aromatic rings. The van der Waals surface area contributed by atoms with E-state index in [2.05, 4.69) is 0 Å². The van der Waals surface area contributed by atoms with Gasteiger partial charge in [0, 0.05) is 0 Å². The number of esters is 3. The maximum atomic E-state index is 11.5. The van der Waals surface area contributed by atoms with Gasteiger partial charge in [-0.25, -0.2) is 0 Å². The average molecular weight is 696 g/mol. The van der Waals surface area contributed by atoms with Gasteiger partial charge in [0.05, 0.1) is 0 Å². The Hall–Kier alpha value is 0.560. The van der Waals surface area contributed by atoms with Crippen LogP contribution in [0.4, 0.5) is 0 Å². The summed E-state index contributed by atoms with van der Waals surface area (Å²) in [6.45, 7) is 7.80. The molecule has 0 aromatic carbocycles. The number of alkyl halides is 3. The highest BCUT2D eigenvalue weighted by molar-refractivity contribution is 14.1. The average Bonchev–Trinajstić information content (AvgIpc) is 2.53. The Balaban J connectivity index is 4.31. The van der Waals surface area contributed by atoms with Crippen molar-refractivity contribution in [3.8, 4) is 0 Å². The zero-order valence-electron chi connectivity index (χ0n) is 14.6. The van der Waals surface area contributed by atoms with Gasteiger partial charge in [0.25, 0.3) is 0 Å². The molecular formula is C15H25I3NO6+. The number of quaternary nitrogens is 1. The largest absolute Gasteiger partial charge is 0.459 e. The second-order valence-electron chi connectivity index (χ2n) is 5.35. The van der Waals surface area contributed by atoms with Gasteiger partial charge in [0.1, 0.15) is 51.2 Å². The Labute approximate surface area is 189 Å². The lowest BCUT2D eigenvalue weighted by molar-refractivity contribution is -0.900. The first kappa shape index (κ1) is 25.6. The molecule has 0 amide bonds. The van der Waals surface area contributed by atoms with Gasteiger partial charge in [-0.2, -0.15) is 0 Å². The van der Waals surface area contributed by atoms with Gasteiger partial charge in [-0.3, -0.25) is 14.4 Å². The lowest BCUT2D eigenvalue weighted by Crippen LogP contribution is -3.13. The zero-order chi connectivity index (χ0) is 19.4. The number of hydrogen-bond donors (Lipinski definition) is 1. The standard InChI is InChI=1S/C15H24I3NO6/c1-10(16)13(20)23-7-4-19(5-8-24-14(21)11(2)17)6-9-25-15(22)12(3)18/h10-12H,4-9H2,1-3H3/p+1. The normalized spacial score (nSPS) is 15.6. The Morgan fingerprint density at radius 3 is 1.12 bits per heavy atom. The molecule has 10 heteroatoms. The molecule has 0 aliphatic rings. The predicted molar refractivity (Wildman–Crippen MR) is 119 cm³/mol.